The zero-order chi connectivity index (χ0) is 33.2. The molecule has 46 heavy (non-hydrogen) atoms. The van der Waals surface area contributed by atoms with E-state index < -0.39 is 29.0 Å². The zero-order valence-electron chi connectivity index (χ0n) is 25.9. The lowest BCUT2D eigenvalue weighted by Gasteiger charge is -2.33. The first-order valence-corrected chi connectivity index (χ1v) is 15.2. The van der Waals surface area contributed by atoms with Crippen molar-refractivity contribution in [2.75, 3.05) is 0 Å². The number of aliphatic hydroxyl groups is 1. The number of alkyl halides is 6. The molecule has 0 amide bonds. The highest BCUT2D eigenvalue weighted by atomic mass is 19.4. The van der Waals surface area contributed by atoms with Gasteiger partial charge in [0.25, 0.3) is 0 Å². The number of aliphatic hydroxyl groups excluding tert-OH is 1. The van der Waals surface area contributed by atoms with Gasteiger partial charge in [-0.1, -0.05) is 50.2 Å². The van der Waals surface area contributed by atoms with Crippen LogP contribution < -0.4 is 0 Å². The van der Waals surface area contributed by atoms with Crippen LogP contribution in [-0.2, 0) is 50.4 Å². The zero-order valence-corrected chi connectivity index (χ0v) is 25.9. The predicted molar refractivity (Wildman–Crippen MR) is 164 cm³/mol. The monoisotopic (exact) mass is 640 g/mol. The van der Waals surface area contributed by atoms with Gasteiger partial charge in [-0.15, -0.1) is 0 Å². The molecule has 2 N–H and O–H groups in total. The molecular formula is C35H34F6N4O. The lowest BCUT2D eigenvalue weighted by Crippen LogP contribution is -2.36. The van der Waals surface area contributed by atoms with Crippen molar-refractivity contribution < 1.29 is 31.4 Å². The van der Waals surface area contributed by atoms with Gasteiger partial charge in [0.05, 0.1) is 45.9 Å². The fraction of sp³-hybridized carbons (Fsp3) is 0.343. The van der Waals surface area contributed by atoms with Gasteiger partial charge in [0.15, 0.2) is 0 Å². The van der Waals surface area contributed by atoms with Gasteiger partial charge in [-0.3, -0.25) is 4.90 Å². The Bertz CT molecular complexity index is 1910. The molecule has 0 bridgehead atoms. The van der Waals surface area contributed by atoms with Crippen LogP contribution in [0.3, 0.4) is 0 Å². The van der Waals surface area contributed by atoms with Crippen LogP contribution in [0.15, 0.2) is 60.8 Å². The van der Waals surface area contributed by atoms with Crippen molar-refractivity contribution in [2.24, 2.45) is 0 Å². The molecule has 1 aliphatic heterocycles. The van der Waals surface area contributed by atoms with E-state index in [1.54, 1.807) is 6.20 Å². The fourth-order valence-electron chi connectivity index (χ4n) is 6.72. The Morgan fingerprint density at radius 1 is 0.870 bits per heavy atom. The maximum atomic E-state index is 14.1. The molecule has 5 aromatic rings. The number of benzene rings is 3. The van der Waals surface area contributed by atoms with E-state index in [-0.39, 0.29) is 31.3 Å². The van der Waals surface area contributed by atoms with Crippen molar-refractivity contribution in [3.63, 3.8) is 0 Å². The van der Waals surface area contributed by atoms with Gasteiger partial charge in [0.1, 0.15) is 0 Å². The largest absolute Gasteiger partial charge is 0.416 e. The average Bonchev–Trinajstić information content (AvgIpc) is 3.70. The van der Waals surface area contributed by atoms with E-state index in [0.717, 1.165) is 69.0 Å². The van der Waals surface area contributed by atoms with Gasteiger partial charge in [-0.2, -0.15) is 31.4 Å². The number of rotatable bonds is 7. The first kappa shape index (κ1) is 31.9. The molecule has 0 spiro atoms. The Kier molecular flexibility index (Phi) is 7.84. The molecule has 0 unspecified atom stereocenters. The van der Waals surface area contributed by atoms with Crippen LogP contribution in [0.2, 0.25) is 0 Å². The number of aromatic nitrogens is 3. The van der Waals surface area contributed by atoms with E-state index in [9.17, 15) is 31.4 Å². The predicted octanol–water partition coefficient (Wildman–Crippen LogP) is 8.93. The van der Waals surface area contributed by atoms with E-state index >= 15 is 0 Å². The second kappa shape index (κ2) is 11.3. The maximum absolute atomic E-state index is 14.1. The first-order valence-electron chi connectivity index (χ1n) is 15.2. The third-order valence-corrected chi connectivity index (χ3v) is 9.22. The second-order valence-corrected chi connectivity index (χ2v) is 12.2. The Morgan fingerprint density at radius 2 is 1.54 bits per heavy atom. The third kappa shape index (κ3) is 5.19. The minimum atomic E-state index is -4.97. The van der Waals surface area contributed by atoms with Crippen LogP contribution in [0.4, 0.5) is 26.3 Å². The number of aromatic amines is 1. The summed E-state index contributed by atoms with van der Waals surface area (Å²) in [5.41, 5.74) is 4.04. The van der Waals surface area contributed by atoms with Crippen molar-refractivity contribution >= 4 is 10.9 Å². The van der Waals surface area contributed by atoms with E-state index in [4.69, 9.17) is 5.10 Å². The third-order valence-electron chi connectivity index (χ3n) is 9.22. The van der Waals surface area contributed by atoms with Crippen LogP contribution in [0.25, 0.3) is 27.8 Å². The topological polar surface area (TPSA) is 57.1 Å². The summed E-state index contributed by atoms with van der Waals surface area (Å²) in [6, 6.07) is 13.7. The Balaban J connectivity index is 1.55. The average molecular weight is 641 g/mol. The lowest BCUT2D eigenvalue weighted by molar-refractivity contribution is -0.143. The van der Waals surface area contributed by atoms with E-state index in [1.807, 2.05) is 47.7 Å². The SMILES string of the molecule is CCc1cccc(CC)c1-n1nc2c(c1-c1ccc(CO)c3[nH]ccc13)CN(Cc1ccc(C(F)(F)F)cc1C(F)(F)F)C2(C)C. The quantitative estimate of drug-likeness (QED) is 0.175. The van der Waals surface area contributed by atoms with Gasteiger partial charge < -0.3 is 10.1 Å². The van der Waals surface area contributed by atoms with Crippen LogP contribution in [-0.4, -0.2) is 24.8 Å². The van der Waals surface area contributed by atoms with Gasteiger partial charge in [-0.25, -0.2) is 4.68 Å². The molecule has 1 aliphatic rings. The second-order valence-electron chi connectivity index (χ2n) is 12.2. The smallest absolute Gasteiger partial charge is 0.392 e. The highest BCUT2D eigenvalue weighted by Gasteiger charge is 2.45. The summed E-state index contributed by atoms with van der Waals surface area (Å²) in [6.45, 7) is 7.73. The fourth-order valence-corrected chi connectivity index (χ4v) is 6.72. The van der Waals surface area contributed by atoms with Gasteiger partial charge in [0.2, 0.25) is 0 Å². The molecule has 242 valence electrons. The number of aryl methyl sites for hydroxylation is 2. The van der Waals surface area contributed by atoms with Crippen LogP contribution in [0.1, 0.15) is 72.3 Å². The van der Waals surface area contributed by atoms with Gasteiger partial charge in [-0.05, 0) is 61.6 Å². The van der Waals surface area contributed by atoms with Gasteiger partial charge >= 0.3 is 12.4 Å². The number of hydrogen-bond acceptors (Lipinski definition) is 3. The number of halogens is 6. The molecule has 3 heterocycles. The number of hydrogen-bond donors (Lipinski definition) is 2. The molecule has 0 atom stereocenters. The molecular weight excluding hydrogens is 606 g/mol. The summed E-state index contributed by atoms with van der Waals surface area (Å²) in [5, 5.41) is 16.1. The minimum absolute atomic E-state index is 0.164. The minimum Gasteiger partial charge on any atom is -0.392 e. The van der Waals surface area contributed by atoms with Crippen LogP contribution in [0.5, 0.6) is 0 Å². The molecule has 0 radical (unpaired) electrons. The van der Waals surface area contributed by atoms with Crippen molar-refractivity contribution in [3.8, 4) is 16.9 Å². The van der Waals surface area contributed by atoms with Crippen molar-refractivity contribution in [3.05, 3.63) is 105 Å². The summed E-state index contributed by atoms with van der Waals surface area (Å²) in [5.74, 6) is 0. The normalized spacial score (nSPS) is 15.2. The van der Waals surface area contributed by atoms with E-state index in [2.05, 4.69) is 31.0 Å². The number of para-hydroxylation sites is 1. The standard InChI is InChI=1S/C35H34F6N4O/c1-5-20-8-7-9-21(6-2)30(20)45-31(26-13-11-23(19-46)29-25(26)14-15-42-29)27-18-44(33(3,4)32(27)43-45)17-22-10-12-24(34(36,37)38)16-28(22)35(39,40)41/h7-16,42,46H,5-6,17-19H2,1-4H3. The Morgan fingerprint density at radius 3 is 2.15 bits per heavy atom. The molecule has 11 heteroatoms. The van der Waals surface area contributed by atoms with Crippen molar-refractivity contribution in [1.82, 2.24) is 19.7 Å². The molecule has 6 rings (SSSR count). The highest BCUT2D eigenvalue weighted by molar-refractivity contribution is 5.97. The highest BCUT2D eigenvalue weighted by Crippen LogP contribution is 2.47. The number of H-pyrrole nitrogens is 1. The molecule has 2 aromatic heterocycles. The van der Waals surface area contributed by atoms with Crippen LogP contribution in [0, 0.1) is 0 Å². The summed E-state index contributed by atoms with van der Waals surface area (Å²) >= 11 is 0. The van der Waals surface area contributed by atoms with E-state index in [1.165, 1.54) is 0 Å². The molecule has 0 aliphatic carbocycles. The van der Waals surface area contributed by atoms with Gasteiger partial charge in [0, 0.05) is 41.4 Å². The molecule has 3 aromatic carbocycles. The Hall–Kier alpha value is -4.09. The summed E-state index contributed by atoms with van der Waals surface area (Å²) in [7, 11) is 0. The summed E-state index contributed by atoms with van der Waals surface area (Å²) in [4.78, 5) is 5.05. The van der Waals surface area contributed by atoms with Crippen molar-refractivity contribution in [1.29, 1.82) is 0 Å². The van der Waals surface area contributed by atoms with E-state index in [0.29, 0.717) is 11.8 Å². The molecule has 0 saturated heterocycles. The molecule has 5 nitrogen and oxygen atoms in total. The molecule has 0 saturated carbocycles. The number of nitrogens with one attached hydrogen (secondary N) is 1. The lowest BCUT2D eigenvalue weighted by atomic mass is 9.96. The maximum Gasteiger partial charge on any atom is 0.416 e. The summed E-state index contributed by atoms with van der Waals surface area (Å²) in [6.07, 6.45) is -6.57. The van der Waals surface area contributed by atoms with Crippen LogP contribution >= 0.6 is 0 Å². The number of nitrogens with zero attached hydrogens (tertiary/aromatic N) is 3. The molecule has 0 fully saturated rings. The summed E-state index contributed by atoms with van der Waals surface area (Å²) < 4.78 is 84.4. The number of fused-ring (bicyclic) bond motifs is 2. The Labute approximate surface area is 262 Å². The van der Waals surface area contributed by atoms with Crippen molar-refractivity contribution in [2.45, 2.75) is 78.1 Å². The first-order chi connectivity index (χ1) is 21.7.